The van der Waals surface area contributed by atoms with E-state index in [0.717, 1.165) is 24.7 Å². The van der Waals surface area contributed by atoms with Gasteiger partial charge in [0.1, 0.15) is 0 Å². The van der Waals surface area contributed by atoms with Crippen LogP contribution in [0.5, 0.6) is 0 Å². The van der Waals surface area contributed by atoms with E-state index in [1.54, 1.807) is 48.5 Å². The van der Waals surface area contributed by atoms with Crippen molar-refractivity contribution < 1.29 is 13.2 Å². The predicted molar refractivity (Wildman–Crippen MR) is 118 cm³/mol. The molecule has 0 saturated carbocycles. The Morgan fingerprint density at radius 1 is 1.14 bits per heavy atom. The number of nitrogens with one attached hydrogen (secondary N) is 1. The van der Waals surface area contributed by atoms with Crippen LogP contribution in [0.2, 0.25) is 5.02 Å². The second-order valence-corrected chi connectivity index (χ2v) is 9.58. The molecule has 5 nitrogen and oxygen atoms in total. The van der Waals surface area contributed by atoms with Crippen molar-refractivity contribution in [3.05, 3.63) is 76.3 Å². The second kappa shape index (κ2) is 9.46. The van der Waals surface area contributed by atoms with E-state index >= 15 is 0 Å². The standard InChI is InChI=1S/C22H25ClN2O3S/c1-29(27,28)25(21-9-5-8-20(23)14-21)16-18-10-12-19(13-11-18)22(26)24-15-17-6-3-2-4-7-17/h5-6,8-14H,2-4,7,15-16H2,1H3,(H,24,26). The number of rotatable bonds is 7. The summed E-state index contributed by atoms with van der Waals surface area (Å²) in [5.74, 6) is -0.127. The lowest BCUT2D eigenvalue weighted by atomic mass is 9.99. The van der Waals surface area contributed by atoms with Crippen LogP contribution in [0.1, 0.15) is 41.6 Å². The quantitative estimate of drug-likeness (QED) is 0.653. The van der Waals surface area contributed by atoms with Gasteiger partial charge in [-0.2, -0.15) is 0 Å². The number of nitrogens with zero attached hydrogens (tertiary/aromatic N) is 1. The summed E-state index contributed by atoms with van der Waals surface area (Å²) >= 11 is 6.01. The summed E-state index contributed by atoms with van der Waals surface area (Å²) in [6, 6.07) is 13.7. The van der Waals surface area contributed by atoms with Crippen molar-refractivity contribution in [2.45, 2.75) is 32.2 Å². The SMILES string of the molecule is CS(=O)(=O)N(Cc1ccc(C(=O)NCC2=CCCCC2)cc1)c1cccc(Cl)c1. The molecule has 154 valence electrons. The highest BCUT2D eigenvalue weighted by molar-refractivity contribution is 7.92. The topological polar surface area (TPSA) is 66.5 Å². The van der Waals surface area contributed by atoms with Crippen molar-refractivity contribution in [3.63, 3.8) is 0 Å². The fourth-order valence-corrected chi connectivity index (χ4v) is 4.38. The summed E-state index contributed by atoms with van der Waals surface area (Å²) in [5.41, 5.74) is 3.12. The Balaban J connectivity index is 1.68. The molecule has 1 aliphatic carbocycles. The molecule has 0 aromatic heterocycles. The minimum Gasteiger partial charge on any atom is -0.348 e. The van der Waals surface area contributed by atoms with Gasteiger partial charge in [-0.3, -0.25) is 9.10 Å². The van der Waals surface area contributed by atoms with E-state index in [0.29, 0.717) is 22.8 Å². The lowest BCUT2D eigenvalue weighted by Gasteiger charge is -2.23. The second-order valence-electron chi connectivity index (χ2n) is 7.24. The average molecular weight is 433 g/mol. The molecule has 2 aromatic carbocycles. The van der Waals surface area contributed by atoms with Gasteiger partial charge < -0.3 is 5.32 Å². The van der Waals surface area contributed by atoms with Gasteiger partial charge in [0, 0.05) is 17.1 Å². The minimum absolute atomic E-state index is 0.127. The Hall–Kier alpha value is -2.31. The molecule has 2 aromatic rings. The van der Waals surface area contributed by atoms with E-state index in [-0.39, 0.29) is 12.5 Å². The van der Waals surface area contributed by atoms with Crippen molar-refractivity contribution in [1.82, 2.24) is 5.32 Å². The zero-order valence-corrected chi connectivity index (χ0v) is 18.0. The molecule has 0 unspecified atom stereocenters. The molecule has 0 saturated heterocycles. The highest BCUT2D eigenvalue weighted by Gasteiger charge is 2.18. The van der Waals surface area contributed by atoms with Crippen LogP contribution in [0.4, 0.5) is 5.69 Å². The third-order valence-corrected chi connectivity index (χ3v) is 6.28. The molecule has 0 aliphatic heterocycles. The number of amides is 1. The molecular formula is C22H25ClN2O3S. The van der Waals surface area contributed by atoms with Crippen molar-refractivity contribution in [2.75, 3.05) is 17.1 Å². The lowest BCUT2D eigenvalue weighted by Crippen LogP contribution is -2.29. The Kier molecular flexibility index (Phi) is 6.98. The number of sulfonamides is 1. The van der Waals surface area contributed by atoms with E-state index in [9.17, 15) is 13.2 Å². The van der Waals surface area contributed by atoms with Crippen LogP contribution >= 0.6 is 11.6 Å². The number of carbonyl (C=O) groups excluding carboxylic acids is 1. The molecule has 1 amide bonds. The van der Waals surface area contributed by atoms with Crippen LogP contribution in [0, 0.1) is 0 Å². The fourth-order valence-electron chi connectivity index (χ4n) is 3.32. The molecule has 1 aliphatic rings. The summed E-state index contributed by atoms with van der Waals surface area (Å²) in [4.78, 5) is 12.4. The van der Waals surface area contributed by atoms with Crippen LogP contribution in [0.15, 0.2) is 60.2 Å². The van der Waals surface area contributed by atoms with E-state index in [1.807, 2.05) is 0 Å². The van der Waals surface area contributed by atoms with Crippen molar-refractivity contribution in [3.8, 4) is 0 Å². The number of carbonyl (C=O) groups is 1. The average Bonchev–Trinajstić information content (AvgIpc) is 2.70. The number of hydrogen-bond donors (Lipinski definition) is 1. The van der Waals surface area contributed by atoms with Gasteiger partial charge >= 0.3 is 0 Å². The highest BCUT2D eigenvalue weighted by atomic mass is 35.5. The molecule has 3 rings (SSSR count). The normalized spacial score (nSPS) is 14.2. The Morgan fingerprint density at radius 2 is 1.90 bits per heavy atom. The first-order chi connectivity index (χ1) is 13.8. The molecule has 0 bridgehead atoms. The van der Waals surface area contributed by atoms with Gasteiger partial charge in [-0.25, -0.2) is 8.42 Å². The largest absolute Gasteiger partial charge is 0.348 e. The zero-order valence-electron chi connectivity index (χ0n) is 16.4. The molecular weight excluding hydrogens is 408 g/mol. The smallest absolute Gasteiger partial charge is 0.251 e. The Morgan fingerprint density at radius 3 is 2.52 bits per heavy atom. The van der Waals surface area contributed by atoms with Gasteiger partial charge in [0.05, 0.1) is 18.5 Å². The van der Waals surface area contributed by atoms with Crippen molar-refractivity contribution in [2.24, 2.45) is 0 Å². The van der Waals surface area contributed by atoms with E-state index < -0.39 is 10.0 Å². The first kappa shape index (κ1) is 21.4. The molecule has 0 fully saturated rings. The zero-order chi connectivity index (χ0) is 20.9. The summed E-state index contributed by atoms with van der Waals surface area (Å²) in [6.07, 6.45) is 7.91. The van der Waals surface area contributed by atoms with E-state index in [2.05, 4.69) is 11.4 Å². The van der Waals surface area contributed by atoms with Gasteiger partial charge in [0.15, 0.2) is 0 Å². The van der Waals surface area contributed by atoms with E-state index in [4.69, 9.17) is 11.6 Å². The minimum atomic E-state index is -3.49. The molecule has 0 spiro atoms. The third kappa shape index (κ3) is 6.08. The summed E-state index contributed by atoms with van der Waals surface area (Å²) < 4.78 is 25.8. The summed E-state index contributed by atoms with van der Waals surface area (Å²) in [7, 11) is -3.49. The van der Waals surface area contributed by atoms with Crippen molar-refractivity contribution in [1.29, 1.82) is 0 Å². The van der Waals surface area contributed by atoms with E-state index in [1.165, 1.54) is 22.7 Å². The van der Waals surface area contributed by atoms with Gasteiger partial charge in [0.2, 0.25) is 10.0 Å². The van der Waals surface area contributed by atoms with Crippen LogP contribution in [-0.2, 0) is 16.6 Å². The summed E-state index contributed by atoms with van der Waals surface area (Å²) in [5, 5.41) is 3.43. The summed E-state index contributed by atoms with van der Waals surface area (Å²) in [6.45, 7) is 0.741. The molecule has 29 heavy (non-hydrogen) atoms. The van der Waals surface area contributed by atoms with Gasteiger partial charge in [-0.15, -0.1) is 0 Å². The molecule has 0 atom stereocenters. The molecule has 0 radical (unpaired) electrons. The van der Waals surface area contributed by atoms with Crippen LogP contribution in [-0.4, -0.2) is 27.1 Å². The van der Waals surface area contributed by atoms with Crippen LogP contribution in [0.25, 0.3) is 0 Å². The number of anilines is 1. The monoisotopic (exact) mass is 432 g/mol. The van der Waals surface area contributed by atoms with Gasteiger partial charge in [-0.05, 0) is 61.6 Å². The number of benzene rings is 2. The third-order valence-electron chi connectivity index (χ3n) is 4.90. The first-order valence-corrected chi connectivity index (χ1v) is 11.8. The predicted octanol–water partition coefficient (Wildman–Crippen LogP) is 4.54. The maximum Gasteiger partial charge on any atom is 0.251 e. The number of allylic oxidation sites excluding steroid dienone is 1. The maximum atomic E-state index is 12.4. The van der Waals surface area contributed by atoms with Crippen LogP contribution in [0.3, 0.4) is 0 Å². The Bertz CT molecular complexity index is 1000. The molecule has 1 N–H and O–H groups in total. The number of halogens is 1. The highest BCUT2D eigenvalue weighted by Crippen LogP contribution is 2.24. The molecule has 7 heteroatoms. The maximum absolute atomic E-state index is 12.4. The first-order valence-electron chi connectivity index (χ1n) is 9.61. The van der Waals surface area contributed by atoms with Crippen LogP contribution < -0.4 is 9.62 Å². The molecule has 0 heterocycles. The lowest BCUT2D eigenvalue weighted by molar-refractivity contribution is 0.0956. The number of hydrogen-bond acceptors (Lipinski definition) is 3. The van der Waals surface area contributed by atoms with Gasteiger partial charge in [-0.1, -0.05) is 41.4 Å². The Labute approximate surface area is 177 Å². The fraction of sp³-hybridized carbons (Fsp3) is 0.318. The van der Waals surface area contributed by atoms with Gasteiger partial charge in [0.25, 0.3) is 5.91 Å². The van der Waals surface area contributed by atoms with Crippen molar-refractivity contribution >= 4 is 33.2 Å².